The topological polar surface area (TPSA) is 51.3 Å². The molecule has 0 bridgehead atoms. The van der Waals surface area contributed by atoms with Crippen molar-refractivity contribution in [1.29, 1.82) is 0 Å². The Morgan fingerprint density at radius 2 is 1.76 bits per heavy atom. The van der Waals surface area contributed by atoms with E-state index in [1.807, 2.05) is 30.3 Å². The second kappa shape index (κ2) is 5.32. The van der Waals surface area contributed by atoms with Crippen LogP contribution in [0.5, 0.6) is 11.5 Å². The van der Waals surface area contributed by atoms with Crippen LogP contribution in [0, 0.1) is 0 Å². The van der Waals surface area contributed by atoms with E-state index in [-0.39, 0.29) is 5.43 Å². The zero-order chi connectivity index (χ0) is 14.8. The van der Waals surface area contributed by atoms with Crippen molar-refractivity contribution < 1.29 is 9.47 Å². The van der Waals surface area contributed by atoms with Gasteiger partial charge in [-0.25, -0.2) is 0 Å². The highest BCUT2D eigenvalue weighted by Crippen LogP contribution is 2.29. The average Bonchev–Trinajstić information content (AvgIpc) is 2.54. The minimum atomic E-state index is -0.0607. The molecule has 0 aliphatic rings. The van der Waals surface area contributed by atoms with Crippen LogP contribution in [0.15, 0.2) is 53.5 Å². The normalized spacial score (nSPS) is 10.6. The number of H-pyrrole nitrogens is 1. The van der Waals surface area contributed by atoms with Gasteiger partial charge in [0.1, 0.15) is 11.5 Å². The third-order valence-electron chi connectivity index (χ3n) is 3.46. The minimum Gasteiger partial charge on any atom is -0.497 e. The van der Waals surface area contributed by atoms with Crippen LogP contribution in [0.1, 0.15) is 0 Å². The van der Waals surface area contributed by atoms with Crippen LogP contribution in [-0.4, -0.2) is 19.2 Å². The number of methoxy groups -OCH3 is 2. The standard InChI is InChI=1S/C17H15NO3/c1-20-12-8-14-16(15(9-12)21-2)17(19)13(10-18-14)11-6-4-3-5-7-11/h3-10H,1-2H3,(H,18,19). The lowest BCUT2D eigenvalue weighted by molar-refractivity contribution is 0.397. The van der Waals surface area contributed by atoms with Crippen molar-refractivity contribution in [3.8, 4) is 22.6 Å². The molecule has 0 aliphatic heterocycles. The molecular weight excluding hydrogens is 266 g/mol. The van der Waals surface area contributed by atoms with Crippen LogP contribution < -0.4 is 14.9 Å². The number of ether oxygens (including phenoxy) is 2. The van der Waals surface area contributed by atoms with Gasteiger partial charge in [0.2, 0.25) is 5.43 Å². The Morgan fingerprint density at radius 1 is 1.00 bits per heavy atom. The van der Waals surface area contributed by atoms with Gasteiger partial charge in [-0.2, -0.15) is 0 Å². The van der Waals surface area contributed by atoms with Gasteiger partial charge >= 0.3 is 0 Å². The van der Waals surface area contributed by atoms with Crippen LogP contribution in [0.2, 0.25) is 0 Å². The Labute approximate surface area is 122 Å². The first kappa shape index (κ1) is 13.2. The first-order valence-corrected chi connectivity index (χ1v) is 6.57. The minimum absolute atomic E-state index is 0.0607. The van der Waals surface area contributed by atoms with Crippen LogP contribution in [0.3, 0.4) is 0 Å². The fourth-order valence-electron chi connectivity index (χ4n) is 2.40. The lowest BCUT2D eigenvalue weighted by atomic mass is 10.0. The molecule has 0 spiro atoms. The van der Waals surface area contributed by atoms with Gasteiger partial charge in [0.25, 0.3) is 0 Å². The predicted molar refractivity (Wildman–Crippen MR) is 83.1 cm³/mol. The monoisotopic (exact) mass is 281 g/mol. The zero-order valence-corrected chi connectivity index (χ0v) is 11.8. The Hall–Kier alpha value is -2.75. The second-order valence-corrected chi connectivity index (χ2v) is 4.65. The van der Waals surface area contributed by atoms with E-state index in [4.69, 9.17) is 9.47 Å². The molecule has 3 rings (SSSR count). The van der Waals surface area contributed by atoms with E-state index in [0.29, 0.717) is 28.0 Å². The molecular formula is C17H15NO3. The molecule has 0 saturated heterocycles. The summed E-state index contributed by atoms with van der Waals surface area (Å²) < 4.78 is 10.6. The molecule has 0 fully saturated rings. The number of aromatic nitrogens is 1. The van der Waals surface area contributed by atoms with Crippen molar-refractivity contribution >= 4 is 10.9 Å². The fraction of sp³-hybridized carbons (Fsp3) is 0.118. The lowest BCUT2D eigenvalue weighted by Crippen LogP contribution is -2.08. The smallest absolute Gasteiger partial charge is 0.200 e. The van der Waals surface area contributed by atoms with E-state index in [1.54, 1.807) is 32.5 Å². The third kappa shape index (κ3) is 2.25. The summed E-state index contributed by atoms with van der Waals surface area (Å²) in [6, 6.07) is 13.1. The quantitative estimate of drug-likeness (QED) is 0.802. The molecule has 0 saturated carbocycles. The SMILES string of the molecule is COc1cc(OC)c2c(=O)c(-c3ccccc3)c[nH]c2c1. The van der Waals surface area contributed by atoms with E-state index in [0.717, 1.165) is 5.56 Å². The van der Waals surface area contributed by atoms with E-state index in [2.05, 4.69) is 4.98 Å². The molecule has 106 valence electrons. The van der Waals surface area contributed by atoms with Gasteiger partial charge in [-0.15, -0.1) is 0 Å². The Kier molecular flexibility index (Phi) is 3.36. The number of hydrogen-bond donors (Lipinski definition) is 1. The van der Waals surface area contributed by atoms with Gasteiger partial charge in [-0.1, -0.05) is 30.3 Å². The van der Waals surface area contributed by atoms with E-state index >= 15 is 0 Å². The first-order valence-electron chi connectivity index (χ1n) is 6.57. The van der Waals surface area contributed by atoms with Gasteiger partial charge < -0.3 is 14.5 Å². The van der Waals surface area contributed by atoms with Crippen LogP contribution in [0.4, 0.5) is 0 Å². The summed E-state index contributed by atoms with van der Waals surface area (Å²) in [5.41, 5.74) is 2.12. The highest BCUT2D eigenvalue weighted by atomic mass is 16.5. The van der Waals surface area contributed by atoms with Gasteiger partial charge in [0, 0.05) is 23.9 Å². The summed E-state index contributed by atoms with van der Waals surface area (Å²) in [6.07, 6.45) is 1.72. The molecule has 4 nitrogen and oxygen atoms in total. The van der Waals surface area contributed by atoms with Gasteiger partial charge in [-0.05, 0) is 5.56 Å². The molecule has 0 atom stereocenters. The van der Waals surface area contributed by atoms with Crippen molar-refractivity contribution in [1.82, 2.24) is 4.98 Å². The highest BCUT2D eigenvalue weighted by Gasteiger charge is 2.13. The third-order valence-corrected chi connectivity index (χ3v) is 3.46. The van der Waals surface area contributed by atoms with Crippen molar-refractivity contribution in [3.63, 3.8) is 0 Å². The Bertz CT molecular complexity index is 838. The van der Waals surface area contributed by atoms with Gasteiger partial charge in [0.05, 0.1) is 25.1 Å². The van der Waals surface area contributed by atoms with Crippen LogP contribution >= 0.6 is 0 Å². The maximum atomic E-state index is 12.8. The number of pyridine rings is 1. The lowest BCUT2D eigenvalue weighted by Gasteiger charge is -2.10. The first-order chi connectivity index (χ1) is 10.2. The number of hydrogen-bond acceptors (Lipinski definition) is 3. The summed E-state index contributed by atoms with van der Waals surface area (Å²) >= 11 is 0. The van der Waals surface area contributed by atoms with Gasteiger partial charge in [-0.3, -0.25) is 4.79 Å². The number of benzene rings is 2. The van der Waals surface area contributed by atoms with Crippen molar-refractivity contribution in [3.05, 3.63) is 58.9 Å². The molecule has 1 N–H and O–H groups in total. The van der Waals surface area contributed by atoms with Crippen molar-refractivity contribution in [2.75, 3.05) is 14.2 Å². The molecule has 2 aromatic carbocycles. The molecule has 3 aromatic rings. The zero-order valence-electron chi connectivity index (χ0n) is 11.8. The molecule has 0 aliphatic carbocycles. The molecule has 1 aromatic heterocycles. The van der Waals surface area contributed by atoms with Gasteiger partial charge in [0.15, 0.2) is 0 Å². The maximum absolute atomic E-state index is 12.8. The highest BCUT2D eigenvalue weighted by molar-refractivity contribution is 5.89. The predicted octanol–water partition coefficient (Wildman–Crippen LogP) is 3.21. The van der Waals surface area contributed by atoms with E-state index in [9.17, 15) is 4.79 Å². The van der Waals surface area contributed by atoms with E-state index in [1.165, 1.54) is 0 Å². The fourth-order valence-corrected chi connectivity index (χ4v) is 2.40. The second-order valence-electron chi connectivity index (χ2n) is 4.65. The number of fused-ring (bicyclic) bond motifs is 1. The van der Waals surface area contributed by atoms with Crippen molar-refractivity contribution in [2.45, 2.75) is 0 Å². The molecule has 0 radical (unpaired) electrons. The summed E-state index contributed by atoms with van der Waals surface area (Å²) in [5, 5.41) is 0.527. The van der Waals surface area contributed by atoms with Crippen molar-refractivity contribution in [2.24, 2.45) is 0 Å². The summed E-state index contributed by atoms with van der Waals surface area (Å²) in [7, 11) is 3.12. The number of nitrogens with one attached hydrogen (secondary N) is 1. The molecule has 21 heavy (non-hydrogen) atoms. The largest absolute Gasteiger partial charge is 0.497 e. The van der Waals surface area contributed by atoms with Crippen LogP contribution in [-0.2, 0) is 0 Å². The summed E-state index contributed by atoms with van der Waals surface area (Å²) in [6.45, 7) is 0. The molecule has 1 heterocycles. The molecule has 0 amide bonds. The Morgan fingerprint density at radius 3 is 2.43 bits per heavy atom. The van der Waals surface area contributed by atoms with E-state index < -0.39 is 0 Å². The summed E-state index contributed by atoms with van der Waals surface area (Å²) in [5.74, 6) is 1.14. The molecule has 0 unspecified atom stereocenters. The summed E-state index contributed by atoms with van der Waals surface area (Å²) in [4.78, 5) is 15.9. The van der Waals surface area contributed by atoms with Crippen LogP contribution in [0.25, 0.3) is 22.0 Å². The Balaban J connectivity index is 2.33. The maximum Gasteiger partial charge on any atom is 0.200 e. The molecule has 4 heteroatoms. The average molecular weight is 281 g/mol. The number of aromatic amines is 1. The number of rotatable bonds is 3.